The second kappa shape index (κ2) is 12.2. The highest BCUT2D eigenvalue weighted by atomic mass is 16.5. The van der Waals surface area contributed by atoms with E-state index in [-0.39, 0.29) is 29.6 Å². The summed E-state index contributed by atoms with van der Waals surface area (Å²) < 4.78 is 7.19. The first-order chi connectivity index (χ1) is 22.3. The molecule has 1 saturated heterocycles. The van der Waals surface area contributed by atoms with Crippen LogP contribution in [0.15, 0.2) is 67.1 Å². The number of amides is 2. The minimum Gasteiger partial charge on any atom is -0.378 e. The lowest BCUT2D eigenvalue weighted by Crippen LogP contribution is -2.40. The van der Waals surface area contributed by atoms with Crippen LogP contribution in [0.3, 0.4) is 0 Å². The van der Waals surface area contributed by atoms with Gasteiger partial charge in [-0.05, 0) is 60.2 Å². The van der Waals surface area contributed by atoms with Gasteiger partial charge in [-0.2, -0.15) is 0 Å². The van der Waals surface area contributed by atoms with Crippen molar-refractivity contribution in [3.05, 3.63) is 84.1 Å². The van der Waals surface area contributed by atoms with Crippen molar-refractivity contribution in [2.45, 2.75) is 39.3 Å². The molecule has 2 aliphatic heterocycles. The van der Waals surface area contributed by atoms with Gasteiger partial charge in [0.1, 0.15) is 0 Å². The molecule has 12 heteroatoms. The van der Waals surface area contributed by atoms with E-state index in [9.17, 15) is 9.59 Å². The molecule has 2 aromatic carbocycles. The van der Waals surface area contributed by atoms with Crippen LogP contribution < -0.4 is 20.9 Å². The molecule has 0 saturated carbocycles. The van der Waals surface area contributed by atoms with Crippen molar-refractivity contribution in [1.29, 1.82) is 0 Å². The van der Waals surface area contributed by atoms with Crippen molar-refractivity contribution in [2.24, 2.45) is 0 Å². The van der Waals surface area contributed by atoms with Gasteiger partial charge in [0.05, 0.1) is 18.9 Å². The van der Waals surface area contributed by atoms with Crippen LogP contribution in [0.25, 0.3) is 27.9 Å². The van der Waals surface area contributed by atoms with Crippen molar-refractivity contribution in [3.8, 4) is 22.3 Å². The van der Waals surface area contributed by atoms with Gasteiger partial charge in [0.15, 0.2) is 5.65 Å². The van der Waals surface area contributed by atoms with Crippen LogP contribution >= 0.6 is 0 Å². The van der Waals surface area contributed by atoms with Crippen LogP contribution in [-0.2, 0) is 22.5 Å². The first kappa shape index (κ1) is 29.4. The second-order valence-electron chi connectivity index (χ2n) is 11.7. The van der Waals surface area contributed by atoms with E-state index in [1.54, 1.807) is 23.8 Å². The van der Waals surface area contributed by atoms with Crippen molar-refractivity contribution < 1.29 is 14.3 Å². The first-order valence-electron chi connectivity index (χ1n) is 15.5. The van der Waals surface area contributed by atoms with Gasteiger partial charge in [0.25, 0.3) is 5.91 Å². The number of fused-ring (bicyclic) bond motifs is 2. The normalized spacial score (nSPS) is 16.3. The summed E-state index contributed by atoms with van der Waals surface area (Å²) in [5.41, 5.74) is 14.1. The Bertz CT molecular complexity index is 1920. The average molecular weight is 618 g/mol. The molecule has 1 atom stereocenters. The van der Waals surface area contributed by atoms with E-state index >= 15 is 0 Å². The molecule has 0 radical (unpaired) electrons. The smallest absolute Gasteiger partial charge is 0.291 e. The third-order valence-electron chi connectivity index (χ3n) is 8.66. The maximum Gasteiger partial charge on any atom is 0.291 e. The molecule has 12 nitrogen and oxygen atoms in total. The highest BCUT2D eigenvalue weighted by Gasteiger charge is 2.26. The lowest BCUT2D eigenvalue weighted by Gasteiger charge is -2.34. The molecule has 7 rings (SSSR count). The molecular weight excluding hydrogens is 582 g/mol. The monoisotopic (exact) mass is 617 g/mol. The Kier molecular flexibility index (Phi) is 7.79. The van der Waals surface area contributed by atoms with Gasteiger partial charge in [0.2, 0.25) is 17.7 Å². The maximum absolute atomic E-state index is 13.2. The summed E-state index contributed by atoms with van der Waals surface area (Å²) in [5, 5.41) is 7.50. The summed E-state index contributed by atoms with van der Waals surface area (Å²) in [4.78, 5) is 42.5. The number of hydrogen-bond donors (Lipinski definition) is 2. The quantitative estimate of drug-likeness (QED) is 0.290. The SMILES string of the molecule is CC(=O)N1c2ccc(-c3ccc(CNC(=O)c4nc5c(N6CCOCC6)cc(-c6cnc(N)nc6)cn5n4)cc3)cc2CC[C@@H]1C. The van der Waals surface area contributed by atoms with Crippen LogP contribution in [0.2, 0.25) is 0 Å². The lowest BCUT2D eigenvalue weighted by molar-refractivity contribution is -0.117. The molecule has 5 heterocycles. The first-order valence-corrected chi connectivity index (χ1v) is 15.5. The number of morpholine rings is 1. The zero-order valence-electron chi connectivity index (χ0n) is 25.8. The Morgan fingerprint density at radius 3 is 2.43 bits per heavy atom. The Hall–Kier alpha value is -5.36. The van der Waals surface area contributed by atoms with Crippen LogP contribution in [-0.4, -0.2) is 68.7 Å². The standard InChI is InChI=1S/C34H35N9O3/c1-21-3-6-26-15-25(9-10-29(26)43(21)22(2)44)24-7-4-23(5-8-24)17-36-33(45)31-39-32-30(41-11-13-46-14-12-41)16-27(20-42(32)40-31)28-18-37-34(35)38-19-28/h4-5,7-10,15-16,18-21H,3,6,11-14,17H2,1-2H3,(H,36,45)(H2,35,37,38)/t21-/m0/s1. The summed E-state index contributed by atoms with van der Waals surface area (Å²) in [6.07, 6.45) is 7.03. The Morgan fingerprint density at radius 1 is 0.957 bits per heavy atom. The van der Waals surface area contributed by atoms with Gasteiger partial charge in [-0.3, -0.25) is 9.59 Å². The van der Waals surface area contributed by atoms with Gasteiger partial charge >= 0.3 is 0 Å². The van der Waals surface area contributed by atoms with E-state index in [0.717, 1.165) is 52.0 Å². The summed E-state index contributed by atoms with van der Waals surface area (Å²) in [7, 11) is 0. The number of aryl methyl sites for hydroxylation is 1. The van der Waals surface area contributed by atoms with Gasteiger partial charge in [0, 0.05) is 68.0 Å². The topological polar surface area (TPSA) is 144 Å². The molecule has 2 aliphatic rings. The molecule has 0 spiro atoms. The fraction of sp³-hybridized carbons (Fsp3) is 0.294. The van der Waals surface area contributed by atoms with Gasteiger partial charge in [-0.25, -0.2) is 19.5 Å². The fourth-order valence-corrected chi connectivity index (χ4v) is 6.23. The predicted molar refractivity (Wildman–Crippen MR) is 175 cm³/mol. The summed E-state index contributed by atoms with van der Waals surface area (Å²) in [6.45, 7) is 6.65. The Morgan fingerprint density at radius 2 is 1.70 bits per heavy atom. The fourth-order valence-electron chi connectivity index (χ4n) is 6.23. The number of hydrogen-bond acceptors (Lipinski definition) is 9. The molecule has 234 valence electrons. The van der Waals surface area contributed by atoms with E-state index in [1.807, 2.05) is 29.3 Å². The van der Waals surface area contributed by atoms with E-state index in [4.69, 9.17) is 10.5 Å². The van der Waals surface area contributed by atoms with Crippen LogP contribution in [0.5, 0.6) is 0 Å². The van der Waals surface area contributed by atoms with Crippen LogP contribution in [0.1, 0.15) is 42.0 Å². The summed E-state index contributed by atoms with van der Waals surface area (Å²) in [6, 6.07) is 16.6. The number of carbonyl (C=O) groups excluding carboxylic acids is 2. The molecule has 1 fully saturated rings. The van der Waals surface area contributed by atoms with Gasteiger partial charge in [-0.1, -0.05) is 30.3 Å². The van der Waals surface area contributed by atoms with E-state index in [1.165, 1.54) is 5.56 Å². The third kappa shape index (κ3) is 5.74. The van der Waals surface area contributed by atoms with Crippen LogP contribution in [0, 0.1) is 0 Å². The van der Waals surface area contributed by atoms with Crippen molar-refractivity contribution in [1.82, 2.24) is 29.9 Å². The maximum atomic E-state index is 13.2. The largest absolute Gasteiger partial charge is 0.378 e. The minimum absolute atomic E-state index is 0.0713. The number of nitrogens with two attached hydrogens (primary N) is 1. The predicted octanol–water partition coefficient (Wildman–Crippen LogP) is 3.89. The average Bonchev–Trinajstić information content (AvgIpc) is 3.52. The van der Waals surface area contributed by atoms with Crippen molar-refractivity contribution in [3.63, 3.8) is 0 Å². The molecule has 2 amide bonds. The number of ether oxygens (including phenoxy) is 1. The summed E-state index contributed by atoms with van der Waals surface area (Å²) >= 11 is 0. The van der Waals surface area contributed by atoms with Crippen molar-refractivity contribution >= 4 is 34.8 Å². The number of nitrogen functional groups attached to an aromatic ring is 1. The molecular formula is C34H35N9O3. The van der Waals surface area contributed by atoms with Crippen LogP contribution in [0.4, 0.5) is 17.3 Å². The summed E-state index contributed by atoms with van der Waals surface area (Å²) in [5.74, 6) is -0.0121. The zero-order valence-corrected chi connectivity index (χ0v) is 25.8. The lowest BCUT2D eigenvalue weighted by atomic mass is 9.93. The van der Waals surface area contributed by atoms with Gasteiger partial charge < -0.3 is 25.6 Å². The molecule has 0 unspecified atom stereocenters. The van der Waals surface area contributed by atoms with Gasteiger partial charge in [-0.15, -0.1) is 5.10 Å². The molecule has 0 aliphatic carbocycles. The highest BCUT2D eigenvalue weighted by molar-refractivity contribution is 5.94. The molecule has 46 heavy (non-hydrogen) atoms. The number of pyridine rings is 1. The Balaban J connectivity index is 1.08. The zero-order chi connectivity index (χ0) is 31.8. The molecule has 0 bridgehead atoms. The molecule has 5 aromatic rings. The van der Waals surface area contributed by atoms with E-state index in [2.05, 4.69) is 67.5 Å². The number of aromatic nitrogens is 5. The Labute approximate surface area is 266 Å². The number of nitrogens with zero attached hydrogens (tertiary/aromatic N) is 7. The molecule has 3 aromatic heterocycles. The number of rotatable bonds is 6. The van der Waals surface area contributed by atoms with Crippen molar-refractivity contribution in [2.75, 3.05) is 41.8 Å². The third-order valence-corrected chi connectivity index (χ3v) is 8.66. The minimum atomic E-state index is -0.364. The number of nitrogens with one attached hydrogen (secondary N) is 1. The van der Waals surface area contributed by atoms with E-state index < -0.39 is 0 Å². The second-order valence-corrected chi connectivity index (χ2v) is 11.7. The number of benzene rings is 2. The number of anilines is 3. The molecule has 3 N–H and O–H groups in total. The van der Waals surface area contributed by atoms with E-state index in [0.29, 0.717) is 38.5 Å². The number of carbonyl (C=O) groups is 2. The highest BCUT2D eigenvalue weighted by Crippen LogP contribution is 2.34.